The molecule has 2 bridgehead atoms. The van der Waals surface area contributed by atoms with Crippen LogP contribution in [0.5, 0.6) is 0 Å². The first-order chi connectivity index (χ1) is 7.73. The fraction of sp³-hybridized carbons (Fsp3) is 1.00. The monoisotopic (exact) mass is 238 g/mol. The van der Waals surface area contributed by atoms with Gasteiger partial charge in [0.2, 0.25) is 0 Å². The molecule has 0 amide bonds. The van der Waals surface area contributed by atoms with Gasteiger partial charge in [0.1, 0.15) is 0 Å². The Morgan fingerprint density at radius 3 is 2.29 bits per heavy atom. The van der Waals surface area contributed by atoms with E-state index in [-0.39, 0.29) is 11.3 Å². The lowest BCUT2D eigenvalue weighted by molar-refractivity contribution is -0.153. The second-order valence-electron chi connectivity index (χ2n) is 7.79. The summed E-state index contributed by atoms with van der Waals surface area (Å²) >= 11 is 0. The van der Waals surface area contributed by atoms with Crippen molar-refractivity contribution in [3.8, 4) is 0 Å². The van der Waals surface area contributed by atoms with Gasteiger partial charge in [-0.15, -0.1) is 0 Å². The highest BCUT2D eigenvalue weighted by Crippen LogP contribution is 2.73. The Morgan fingerprint density at radius 2 is 1.65 bits per heavy atom. The van der Waals surface area contributed by atoms with Crippen LogP contribution < -0.4 is 0 Å². The van der Waals surface area contributed by atoms with Crippen molar-refractivity contribution in [1.29, 1.82) is 0 Å². The third kappa shape index (κ3) is 1.19. The molecule has 2 N–H and O–H groups in total. The van der Waals surface area contributed by atoms with E-state index in [1.165, 1.54) is 12.8 Å². The van der Waals surface area contributed by atoms with E-state index in [0.717, 1.165) is 12.8 Å². The smallest absolute Gasteiger partial charge is 0.0911 e. The number of aliphatic hydroxyl groups excluding tert-OH is 1. The minimum Gasteiger partial charge on any atom is -0.390 e. The van der Waals surface area contributed by atoms with Gasteiger partial charge in [0, 0.05) is 0 Å². The highest BCUT2D eigenvalue weighted by Gasteiger charge is 2.70. The van der Waals surface area contributed by atoms with Gasteiger partial charge in [0.15, 0.2) is 0 Å². The summed E-state index contributed by atoms with van der Waals surface area (Å²) in [4.78, 5) is 0. The quantitative estimate of drug-likeness (QED) is 0.681. The summed E-state index contributed by atoms with van der Waals surface area (Å²) in [6.07, 6.45) is 3.98. The zero-order chi connectivity index (χ0) is 12.6. The third-order valence-electron chi connectivity index (χ3n) is 6.90. The predicted molar refractivity (Wildman–Crippen MR) is 67.5 cm³/mol. The molecule has 0 saturated heterocycles. The minimum atomic E-state index is -0.890. The molecule has 3 aliphatic rings. The van der Waals surface area contributed by atoms with Gasteiger partial charge < -0.3 is 10.2 Å². The van der Waals surface area contributed by atoms with Crippen molar-refractivity contribution >= 4 is 0 Å². The lowest BCUT2D eigenvalue weighted by Crippen LogP contribution is -2.53. The molecule has 2 nitrogen and oxygen atoms in total. The average Bonchev–Trinajstić information content (AvgIpc) is 2.61. The summed E-state index contributed by atoms with van der Waals surface area (Å²) in [7, 11) is 0. The van der Waals surface area contributed by atoms with E-state index < -0.39 is 11.7 Å². The summed E-state index contributed by atoms with van der Waals surface area (Å²) < 4.78 is 0. The van der Waals surface area contributed by atoms with E-state index in [1.807, 2.05) is 6.92 Å². The molecule has 0 aromatic heterocycles. The van der Waals surface area contributed by atoms with Gasteiger partial charge in [0.25, 0.3) is 0 Å². The maximum atomic E-state index is 10.7. The highest BCUT2D eigenvalue weighted by molar-refractivity contribution is 5.19. The largest absolute Gasteiger partial charge is 0.390 e. The average molecular weight is 238 g/mol. The first-order valence-electron chi connectivity index (χ1n) is 7.13. The first-order valence-corrected chi connectivity index (χ1v) is 7.13. The molecule has 98 valence electrons. The second-order valence-corrected chi connectivity index (χ2v) is 7.79. The number of fused-ring (bicyclic) bond motifs is 1. The summed E-state index contributed by atoms with van der Waals surface area (Å²) in [5, 5.41) is 21.0. The Labute approximate surface area is 104 Å². The molecule has 0 heterocycles. The fourth-order valence-corrected chi connectivity index (χ4v) is 5.86. The summed E-state index contributed by atoms with van der Waals surface area (Å²) in [6.45, 7) is 8.83. The number of hydrogen-bond donors (Lipinski definition) is 2. The van der Waals surface area contributed by atoms with Crippen LogP contribution in [0.15, 0.2) is 0 Å². The molecule has 0 aromatic carbocycles. The van der Waals surface area contributed by atoms with Crippen molar-refractivity contribution < 1.29 is 10.2 Å². The predicted octanol–water partition coefficient (Wildman–Crippen LogP) is 2.58. The lowest BCUT2D eigenvalue weighted by Gasteiger charge is -2.47. The van der Waals surface area contributed by atoms with Gasteiger partial charge in [-0.2, -0.15) is 0 Å². The second kappa shape index (κ2) is 3.08. The molecule has 6 atom stereocenters. The molecule has 0 radical (unpaired) electrons. The Bertz CT molecular complexity index is 347. The molecule has 2 unspecified atom stereocenters. The van der Waals surface area contributed by atoms with Crippen LogP contribution in [0.2, 0.25) is 0 Å². The summed E-state index contributed by atoms with van der Waals surface area (Å²) in [5.41, 5.74) is -0.402. The molecule has 17 heavy (non-hydrogen) atoms. The molecule has 1 spiro atoms. The van der Waals surface area contributed by atoms with Gasteiger partial charge in [0.05, 0.1) is 11.7 Å². The number of aliphatic hydroxyl groups is 2. The molecular weight excluding hydrogens is 212 g/mol. The highest BCUT2D eigenvalue weighted by atomic mass is 16.3. The fourth-order valence-electron chi connectivity index (χ4n) is 5.86. The molecule has 0 aliphatic heterocycles. The Kier molecular flexibility index (Phi) is 2.17. The van der Waals surface area contributed by atoms with Crippen molar-refractivity contribution in [1.82, 2.24) is 0 Å². The van der Waals surface area contributed by atoms with Crippen molar-refractivity contribution in [2.45, 2.75) is 65.1 Å². The van der Waals surface area contributed by atoms with Gasteiger partial charge in [-0.3, -0.25) is 0 Å². The molecular formula is C15H26O2. The van der Waals surface area contributed by atoms with Crippen molar-refractivity contribution in [2.75, 3.05) is 0 Å². The van der Waals surface area contributed by atoms with Crippen LogP contribution >= 0.6 is 0 Å². The van der Waals surface area contributed by atoms with Crippen molar-refractivity contribution in [3.05, 3.63) is 0 Å². The number of rotatable bonds is 0. The van der Waals surface area contributed by atoms with Crippen LogP contribution in [0.3, 0.4) is 0 Å². The number of hydrogen-bond acceptors (Lipinski definition) is 2. The molecule has 0 aromatic rings. The van der Waals surface area contributed by atoms with E-state index in [9.17, 15) is 10.2 Å². The van der Waals surface area contributed by atoms with Crippen LogP contribution in [0, 0.1) is 28.6 Å². The van der Waals surface area contributed by atoms with Crippen LogP contribution in [-0.2, 0) is 0 Å². The van der Waals surface area contributed by atoms with Crippen LogP contribution in [0.1, 0.15) is 53.4 Å². The molecule has 2 heteroatoms. The van der Waals surface area contributed by atoms with Gasteiger partial charge in [-0.05, 0) is 61.2 Å². The van der Waals surface area contributed by atoms with E-state index in [4.69, 9.17) is 0 Å². The minimum absolute atomic E-state index is 0.172. The summed E-state index contributed by atoms with van der Waals surface area (Å²) in [6, 6.07) is 0. The molecule has 3 fully saturated rings. The topological polar surface area (TPSA) is 40.5 Å². The third-order valence-corrected chi connectivity index (χ3v) is 6.90. The zero-order valence-electron chi connectivity index (χ0n) is 11.5. The molecule has 3 aliphatic carbocycles. The SMILES string of the molecule is C[C@@H]1CC[C@H]2C(C)(C)[C@@H]3CC12CC(O)[C@]3(C)O. The summed E-state index contributed by atoms with van der Waals surface area (Å²) in [5.74, 6) is 1.66. The lowest BCUT2D eigenvalue weighted by atomic mass is 9.63. The van der Waals surface area contributed by atoms with Gasteiger partial charge >= 0.3 is 0 Å². The van der Waals surface area contributed by atoms with E-state index in [2.05, 4.69) is 20.8 Å². The molecule has 3 rings (SSSR count). The Morgan fingerprint density at radius 1 is 1.00 bits per heavy atom. The van der Waals surface area contributed by atoms with E-state index in [1.54, 1.807) is 0 Å². The van der Waals surface area contributed by atoms with Crippen molar-refractivity contribution in [3.63, 3.8) is 0 Å². The zero-order valence-corrected chi connectivity index (χ0v) is 11.5. The standard InChI is InChI=1S/C15H26O2/c1-9-5-6-10-13(2,3)11-7-15(9,10)8-12(16)14(11,4)17/h9-12,16-17H,5-8H2,1-4H3/t9-,10+,11+,12?,14-,15?/m1/s1. The van der Waals surface area contributed by atoms with Crippen LogP contribution in [-0.4, -0.2) is 21.9 Å². The van der Waals surface area contributed by atoms with Gasteiger partial charge in [-0.1, -0.05) is 20.8 Å². The van der Waals surface area contributed by atoms with Gasteiger partial charge in [-0.25, -0.2) is 0 Å². The Hall–Kier alpha value is -0.0800. The molecule has 3 saturated carbocycles. The van der Waals surface area contributed by atoms with E-state index >= 15 is 0 Å². The maximum Gasteiger partial charge on any atom is 0.0911 e. The van der Waals surface area contributed by atoms with Crippen LogP contribution in [0.25, 0.3) is 0 Å². The van der Waals surface area contributed by atoms with Crippen molar-refractivity contribution in [2.24, 2.45) is 28.6 Å². The van der Waals surface area contributed by atoms with E-state index in [0.29, 0.717) is 17.3 Å². The maximum absolute atomic E-state index is 10.7. The first kappa shape index (κ1) is 12.0. The Balaban J connectivity index is 2.10. The normalized spacial score (nSPS) is 60.4. The van der Waals surface area contributed by atoms with Crippen LogP contribution in [0.4, 0.5) is 0 Å².